The van der Waals surface area contributed by atoms with Crippen LogP contribution >= 0.6 is 11.6 Å². The SMILES string of the molecule is CCCCCC#CC[C@@H]1O[C@H]1[C@H](O)C#CCCl. The summed E-state index contributed by atoms with van der Waals surface area (Å²) in [7, 11) is 0. The molecule has 2 nitrogen and oxygen atoms in total. The Bertz CT molecular complexity index is 332. The summed E-state index contributed by atoms with van der Waals surface area (Å²) in [6.07, 6.45) is 4.44. The largest absolute Gasteiger partial charge is 0.378 e. The van der Waals surface area contributed by atoms with E-state index >= 15 is 0 Å². The van der Waals surface area contributed by atoms with Crippen LogP contribution in [-0.4, -0.2) is 29.3 Å². The van der Waals surface area contributed by atoms with Crippen LogP contribution in [0.2, 0.25) is 0 Å². The first kappa shape index (κ1) is 14.4. The molecule has 0 bridgehead atoms. The van der Waals surface area contributed by atoms with Gasteiger partial charge in [-0.2, -0.15) is 0 Å². The van der Waals surface area contributed by atoms with Crippen LogP contribution in [0.15, 0.2) is 0 Å². The van der Waals surface area contributed by atoms with Gasteiger partial charge in [-0.25, -0.2) is 0 Å². The predicted molar refractivity (Wildman–Crippen MR) is 69.7 cm³/mol. The maximum Gasteiger partial charge on any atom is 0.143 e. The van der Waals surface area contributed by atoms with Crippen LogP contribution in [0.3, 0.4) is 0 Å². The molecule has 1 fully saturated rings. The first-order valence-corrected chi connectivity index (χ1v) is 6.66. The molecule has 1 N–H and O–H groups in total. The maximum absolute atomic E-state index is 9.56. The molecule has 1 aliphatic rings. The fraction of sp³-hybridized carbons (Fsp3) is 0.714. The molecule has 0 saturated carbocycles. The van der Waals surface area contributed by atoms with Crippen LogP contribution in [0.4, 0.5) is 0 Å². The van der Waals surface area contributed by atoms with Gasteiger partial charge in [0, 0.05) is 12.8 Å². The van der Waals surface area contributed by atoms with Gasteiger partial charge in [0.1, 0.15) is 12.2 Å². The molecule has 0 unspecified atom stereocenters. The van der Waals surface area contributed by atoms with E-state index in [4.69, 9.17) is 16.3 Å². The van der Waals surface area contributed by atoms with E-state index in [-0.39, 0.29) is 18.1 Å². The number of rotatable bonds is 5. The van der Waals surface area contributed by atoms with E-state index < -0.39 is 6.10 Å². The Hall–Kier alpha value is -0.670. The van der Waals surface area contributed by atoms with Crippen molar-refractivity contribution in [1.82, 2.24) is 0 Å². The minimum absolute atomic E-state index is 0.0494. The van der Waals surface area contributed by atoms with Crippen LogP contribution in [0, 0.1) is 23.7 Å². The predicted octanol–water partition coefficient (Wildman–Crippen LogP) is 2.33. The fourth-order valence-corrected chi connectivity index (χ4v) is 1.63. The molecule has 0 aromatic carbocycles. The number of hydrogen-bond acceptors (Lipinski definition) is 2. The lowest BCUT2D eigenvalue weighted by atomic mass is 10.1. The summed E-state index contributed by atoms with van der Waals surface area (Å²) in [5.41, 5.74) is 0. The van der Waals surface area contributed by atoms with Gasteiger partial charge >= 0.3 is 0 Å². The summed E-state index contributed by atoms with van der Waals surface area (Å²) in [5, 5.41) is 9.56. The Morgan fingerprint density at radius 1 is 1.29 bits per heavy atom. The molecule has 1 saturated heterocycles. The average Bonchev–Trinajstić information content (AvgIpc) is 3.10. The first-order valence-electron chi connectivity index (χ1n) is 6.13. The fourth-order valence-electron chi connectivity index (χ4n) is 1.55. The zero-order chi connectivity index (χ0) is 12.5. The van der Waals surface area contributed by atoms with E-state index in [1.54, 1.807) is 0 Å². The molecule has 0 radical (unpaired) electrons. The molecule has 3 heteroatoms. The van der Waals surface area contributed by atoms with E-state index in [1.165, 1.54) is 19.3 Å². The smallest absolute Gasteiger partial charge is 0.143 e. The summed E-state index contributed by atoms with van der Waals surface area (Å²) in [4.78, 5) is 0. The van der Waals surface area contributed by atoms with Crippen LogP contribution in [0.25, 0.3) is 0 Å². The van der Waals surface area contributed by atoms with Gasteiger partial charge in [0.25, 0.3) is 0 Å². The van der Waals surface area contributed by atoms with Crippen molar-refractivity contribution in [2.75, 3.05) is 5.88 Å². The number of epoxide rings is 1. The normalized spacial score (nSPS) is 23.0. The standard InChI is InChI=1S/C14H19ClO2/c1-2-3-4-5-6-7-10-13-14(17-13)12(16)9-8-11-15/h12-14,16H,2-5,10-11H2,1H3/t12-,13+,14+/m1/s1. The Morgan fingerprint density at radius 3 is 2.82 bits per heavy atom. The zero-order valence-corrected chi connectivity index (χ0v) is 11.0. The number of halogens is 1. The minimum atomic E-state index is -0.722. The molecule has 1 aliphatic heterocycles. The third kappa shape index (κ3) is 5.99. The highest BCUT2D eigenvalue weighted by atomic mass is 35.5. The van der Waals surface area contributed by atoms with E-state index in [9.17, 15) is 5.11 Å². The topological polar surface area (TPSA) is 32.8 Å². The van der Waals surface area contributed by atoms with Crippen LogP contribution in [0.1, 0.15) is 39.0 Å². The highest BCUT2D eigenvalue weighted by Gasteiger charge is 2.43. The van der Waals surface area contributed by atoms with Gasteiger partial charge in [-0.15, -0.1) is 23.4 Å². The second-order valence-electron chi connectivity index (χ2n) is 4.05. The van der Waals surface area contributed by atoms with Crippen LogP contribution in [-0.2, 0) is 4.74 Å². The lowest BCUT2D eigenvalue weighted by molar-refractivity contribution is 0.185. The molecular weight excluding hydrogens is 236 g/mol. The quantitative estimate of drug-likeness (QED) is 0.354. The van der Waals surface area contributed by atoms with Crippen molar-refractivity contribution in [2.24, 2.45) is 0 Å². The molecule has 0 aromatic heterocycles. The molecule has 1 heterocycles. The Morgan fingerprint density at radius 2 is 2.12 bits per heavy atom. The third-order valence-corrected chi connectivity index (χ3v) is 2.72. The molecule has 94 valence electrons. The first-order chi connectivity index (χ1) is 8.29. The second kappa shape index (κ2) is 8.43. The van der Waals surface area contributed by atoms with E-state index in [0.717, 1.165) is 6.42 Å². The number of unbranched alkanes of at least 4 members (excludes halogenated alkanes) is 3. The van der Waals surface area contributed by atoms with Crippen LogP contribution in [0.5, 0.6) is 0 Å². The number of aliphatic hydroxyl groups excluding tert-OH is 1. The van der Waals surface area contributed by atoms with Gasteiger partial charge in [-0.05, 0) is 6.42 Å². The molecular formula is C14H19ClO2. The van der Waals surface area contributed by atoms with Gasteiger partial charge < -0.3 is 9.84 Å². The molecule has 0 amide bonds. The number of aliphatic hydroxyl groups is 1. The zero-order valence-electron chi connectivity index (χ0n) is 10.2. The number of ether oxygens (including phenoxy) is 1. The molecule has 1 rings (SSSR count). The van der Waals surface area contributed by atoms with Crippen molar-refractivity contribution >= 4 is 11.6 Å². The van der Waals surface area contributed by atoms with Gasteiger partial charge in [-0.1, -0.05) is 31.6 Å². The molecule has 0 aromatic rings. The molecule has 0 spiro atoms. The van der Waals surface area contributed by atoms with Gasteiger partial charge in [0.05, 0.1) is 12.0 Å². The summed E-state index contributed by atoms with van der Waals surface area (Å²) in [6.45, 7) is 2.18. The maximum atomic E-state index is 9.56. The molecule has 0 aliphatic carbocycles. The lowest BCUT2D eigenvalue weighted by Crippen LogP contribution is -2.14. The molecule has 17 heavy (non-hydrogen) atoms. The van der Waals surface area contributed by atoms with Gasteiger partial charge in [-0.3, -0.25) is 0 Å². The number of hydrogen-bond donors (Lipinski definition) is 1. The van der Waals surface area contributed by atoms with Crippen molar-refractivity contribution in [3.63, 3.8) is 0 Å². The monoisotopic (exact) mass is 254 g/mol. The van der Waals surface area contributed by atoms with Crippen molar-refractivity contribution in [1.29, 1.82) is 0 Å². The Balaban J connectivity index is 2.11. The van der Waals surface area contributed by atoms with Crippen molar-refractivity contribution < 1.29 is 9.84 Å². The summed E-state index contributed by atoms with van der Waals surface area (Å²) in [5.74, 6) is 11.7. The van der Waals surface area contributed by atoms with Crippen molar-refractivity contribution in [2.45, 2.75) is 57.3 Å². The summed E-state index contributed by atoms with van der Waals surface area (Å²) in [6, 6.07) is 0. The second-order valence-corrected chi connectivity index (χ2v) is 4.32. The van der Waals surface area contributed by atoms with Crippen LogP contribution < -0.4 is 0 Å². The van der Waals surface area contributed by atoms with E-state index in [2.05, 4.69) is 30.6 Å². The number of alkyl halides is 1. The highest BCUT2D eigenvalue weighted by molar-refractivity contribution is 6.19. The van der Waals surface area contributed by atoms with E-state index in [0.29, 0.717) is 6.42 Å². The van der Waals surface area contributed by atoms with E-state index in [1.807, 2.05) is 0 Å². The highest BCUT2D eigenvalue weighted by Crippen LogP contribution is 2.27. The summed E-state index contributed by atoms with van der Waals surface area (Å²) < 4.78 is 5.31. The molecule has 3 atom stereocenters. The van der Waals surface area contributed by atoms with Crippen molar-refractivity contribution in [3.05, 3.63) is 0 Å². The summed E-state index contributed by atoms with van der Waals surface area (Å²) >= 11 is 5.40. The lowest BCUT2D eigenvalue weighted by Gasteiger charge is -1.94. The Labute approximate surface area is 109 Å². The average molecular weight is 255 g/mol. The third-order valence-electron chi connectivity index (χ3n) is 2.58. The Kier molecular flexibility index (Phi) is 7.13. The van der Waals surface area contributed by atoms with Gasteiger partial charge in [0.2, 0.25) is 0 Å². The van der Waals surface area contributed by atoms with Gasteiger partial charge in [0.15, 0.2) is 0 Å². The van der Waals surface area contributed by atoms with Crippen molar-refractivity contribution in [3.8, 4) is 23.7 Å². The minimum Gasteiger partial charge on any atom is -0.378 e.